The van der Waals surface area contributed by atoms with Crippen LogP contribution in [-0.4, -0.2) is 19.8 Å². The number of aromatic nitrogens is 4. The maximum absolute atomic E-state index is 12.1. The van der Waals surface area contributed by atoms with Crippen molar-refractivity contribution in [1.29, 1.82) is 0 Å². The number of hydrogen-bond donors (Lipinski definition) is 1. The zero-order valence-electron chi connectivity index (χ0n) is 10.7. The van der Waals surface area contributed by atoms with Crippen molar-refractivity contribution >= 4 is 5.69 Å². The van der Waals surface area contributed by atoms with Gasteiger partial charge in [0.2, 0.25) is 0 Å². The van der Waals surface area contributed by atoms with Crippen molar-refractivity contribution < 1.29 is 0 Å². The number of hydrogen-bond acceptors (Lipinski definition) is 4. The highest BCUT2D eigenvalue weighted by Crippen LogP contribution is 2.29. The lowest BCUT2D eigenvalue weighted by molar-refractivity contribution is 0.275. The number of tetrazole rings is 1. The molecule has 6 heteroatoms. The molecule has 0 radical (unpaired) electrons. The molecule has 0 unspecified atom stereocenters. The molecule has 1 aromatic heterocycles. The number of nitrogens with zero attached hydrogens (tertiary/aromatic N) is 4. The highest BCUT2D eigenvalue weighted by atomic mass is 16.2. The summed E-state index contributed by atoms with van der Waals surface area (Å²) in [5, 5.41) is 7.84. The molecule has 1 heterocycles. The Kier molecular flexibility index (Phi) is 3.06. The topological polar surface area (TPSA) is 78.7 Å². The molecule has 2 aromatic rings. The number of benzene rings is 1. The monoisotopic (exact) mass is 259 g/mol. The van der Waals surface area contributed by atoms with Crippen LogP contribution in [0.3, 0.4) is 0 Å². The lowest BCUT2D eigenvalue weighted by Crippen LogP contribution is -2.26. The van der Waals surface area contributed by atoms with E-state index < -0.39 is 0 Å². The van der Waals surface area contributed by atoms with E-state index in [9.17, 15) is 4.79 Å². The van der Waals surface area contributed by atoms with Gasteiger partial charge in [-0.3, -0.25) is 0 Å². The van der Waals surface area contributed by atoms with Gasteiger partial charge in [-0.25, -0.2) is 4.79 Å². The molecule has 1 aliphatic carbocycles. The first-order chi connectivity index (χ1) is 9.24. The molecule has 0 amide bonds. The van der Waals surface area contributed by atoms with E-state index in [4.69, 9.17) is 5.73 Å². The van der Waals surface area contributed by atoms with Gasteiger partial charge >= 0.3 is 5.69 Å². The molecule has 0 atom stereocenters. The average Bonchev–Trinajstić information content (AvgIpc) is 2.71. The van der Waals surface area contributed by atoms with Crippen molar-refractivity contribution in [1.82, 2.24) is 19.8 Å². The molecule has 1 fully saturated rings. The molecule has 1 aromatic carbocycles. The van der Waals surface area contributed by atoms with Crippen LogP contribution in [0.15, 0.2) is 29.1 Å². The first-order valence-corrected chi connectivity index (χ1v) is 6.63. The van der Waals surface area contributed by atoms with E-state index in [1.165, 1.54) is 28.6 Å². The highest BCUT2D eigenvalue weighted by molar-refractivity contribution is 5.44. The van der Waals surface area contributed by atoms with Gasteiger partial charge in [0, 0.05) is 12.2 Å². The first-order valence-electron chi connectivity index (χ1n) is 6.63. The number of nitrogen functional groups attached to an aromatic ring is 1. The largest absolute Gasteiger partial charge is 0.399 e. The summed E-state index contributed by atoms with van der Waals surface area (Å²) in [6, 6.07) is 7.02. The SMILES string of the molecule is Nc1ccc(-n2nnn(CCC3CCC3)c2=O)cc1. The summed E-state index contributed by atoms with van der Waals surface area (Å²) in [5.74, 6) is 0.758. The van der Waals surface area contributed by atoms with Gasteiger partial charge in [-0.15, -0.1) is 0 Å². The first kappa shape index (κ1) is 12.0. The van der Waals surface area contributed by atoms with Crippen molar-refractivity contribution in [2.24, 2.45) is 5.92 Å². The Hall–Kier alpha value is -2.11. The molecular formula is C13H17N5O. The van der Waals surface area contributed by atoms with Crippen LogP contribution in [0, 0.1) is 5.92 Å². The Balaban J connectivity index is 1.77. The number of aryl methyl sites for hydroxylation is 1. The van der Waals surface area contributed by atoms with Gasteiger partial charge < -0.3 is 5.73 Å². The molecule has 0 spiro atoms. The third kappa shape index (κ3) is 2.38. The van der Waals surface area contributed by atoms with Crippen LogP contribution in [-0.2, 0) is 6.54 Å². The highest BCUT2D eigenvalue weighted by Gasteiger charge is 2.18. The summed E-state index contributed by atoms with van der Waals surface area (Å²) < 4.78 is 2.74. The van der Waals surface area contributed by atoms with Crippen molar-refractivity contribution in [3.8, 4) is 5.69 Å². The van der Waals surface area contributed by atoms with Gasteiger partial charge in [-0.2, -0.15) is 9.36 Å². The lowest BCUT2D eigenvalue weighted by atomic mass is 9.83. The summed E-state index contributed by atoms with van der Waals surface area (Å²) in [4.78, 5) is 12.1. The summed E-state index contributed by atoms with van der Waals surface area (Å²) in [7, 11) is 0. The predicted molar refractivity (Wildman–Crippen MR) is 72.0 cm³/mol. The third-order valence-electron chi connectivity index (χ3n) is 3.75. The van der Waals surface area contributed by atoms with Crippen molar-refractivity contribution in [3.63, 3.8) is 0 Å². The molecule has 100 valence electrons. The van der Waals surface area contributed by atoms with Gasteiger partial charge in [0.15, 0.2) is 0 Å². The van der Waals surface area contributed by atoms with Crippen molar-refractivity contribution in [2.75, 3.05) is 5.73 Å². The molecule has 0 bridgehead atoms. The summed E-state index contributed by atoms with van der Waals surface area (Å²) in [6.45, 7) is 0.651. The Morgan fingerprint density at radius 3 is 2.58 bits per heavy atom. The van der Waals surface area contributed by atoms with Crippen LogP contribution in [0.25, 0.3) is 5.69 Å². The maximum atomic E-state index is 12.1. The normalized spacial score (nSPS) is 15.4. The summed E-state index contributed by atoms with van der Waals surface area (Å²) in [5.41, 5.74) is 6.78. The molecule has 1 aliphatic rings. The standard InChI is InChI=1S/C13H17N5O/c14-11-4-6-12(7-5-11)18-13(19)17(15-16-18)9-8-10-2-1-3-10/h4-7,10H,1-3,8-9,14H2. The number of rotatable bonds is 4. The minimum absolute atomic E-state index is 0.191. The molecule has 6 nitrogen and oxygen atoms in total. The smallest absolute Gasteiger partial charge is 0.368 e. The zero-order valence-corrected chi connectivity index (χ0v) is 10.7. The second kappa shape index (κ2) is 4.87. The van der Waals surface area contributed by atoms with Crippen molar-refractivity contribution in [3.05, 3.63) is 34.7 Å². The third-order valence-corrected chi connectivity index (χ3v) is 3.75. The Bertz CT molecular complexity index is 609. The van der Waals surface area contributed by atoms with Crippen LogP contribution >= 0.6 is 0 Å². The minimum Gasteiger partial charge on any atom is -0.399 e. The Labute approximate surface area is 110 Å². The van der Waals surface area contributed by atoms with Crippen LogP contribution in [0.1, 0.15) is 25.7 Å². The predicted octanol–water partition coefficient (Wildman–Crippen LogP) is 1.20. The number of nitrogens with two attached hydrogens (primary N) is 1. The van der Waals surface area contributed by atoms with Gasteiger partial charge in [0.25, 0.3) is 0 Å². The summed E-state index contributed by atoms with van der Waals surface area (Å²) in [6.07, 6.45) is 4.89. The molecule has 3 rings (SSSR count). The summed E-state index contributed by atoms with van der Waals surface area (Å²) >= 11 is 0. The van der Waals surface area contributed by atoms with Gasteiger partial charge in [0.1, 0.15) is 0 Å². The molecule has 19 heavy (non-hydrogen) atoms. The zero-order chi connectivity index (χ0) is 13.2. The average molecular weight is 259 g/mol. The molecule has 2 N–H and O–H groups in total. The second-order valence-corrected chi connectivity index (χ2v) is 5.07. The number of anilines is 1. The molecule has 1 saturated carbocycles. The van der Waals surface area contributed by atoms with E-state index >= 15 is 0 Å². The quantitative estimate of drug-likeness (QED) is 0.837. The van der Waals surface area contributed by atoms with Gasteiger partial charge in [0.05, 0.1) is 5.69 Å². The van der Waals surface area contributed by atoms with E-state index in [0.717, 1.165) is 12.3 Å². The van der Waals surface area contributed by atoms with Crippen LogP contribution in [0.5, 0.6) is 0 Å². The Morgan fingerprint density at radius 1 is 1.21 bits per heavy atom. The minimum atomic E-state index is -0.191. The van der Waals surface area contributed by atoms with Crippen LogP contribution in [0.2, 0.25) is 0 Å². The maximum Gasteiger partial charge on any atom is 0.368 e. The fourth-order valence-electron chi connectivity index (χ4n) is 2.28. The Morgan fingerprint density at radius 2 is 1.95 bits per heavy atom. The van der Waals surface area contributed by atoms with Gasteiger partial charge in [-0.1, -0.05) is 19.3 Å². The van der Waals surface area contributed by atoms with E-state index in [1.54, 1.807) is 24.3 Å². The van der Waals surface area contributed by atoms with Crippen LogP contribution in [0.4, 0.5) is 5.69 Å². The van der Waals surface area contributed by atoms with Crippen LogP contribution < -0.4 is 11.4 Å². The fourth-order valence-corrected chi connectivity index (χ4v) is 2.28. The molecule has 0 saturated heterocycles. The molecule has 0 aliphatic heterocycles. The van der Waals surface area contributed by atoms with E-state index in [2.05, 4.69) is 10.4 Å². The fraction of sp³-hybridized carbons (Fsp3) is 0.462. The van der Waals surface area contributed by atoms with E-state index in [1.807, 2.05) is 0 Å². The van der Waals surface area contributed by atoms with E-state index in [-0.39, 0.29) is 5.69 Å². The van der Waals surface area contributed by atoms with E-state index in [0.29, 0.717) is 17.9 Å². The molecular weight excluding hydrogens is 242 g/mol. The van der Waals surface area contributed by atoms with Crippen molar-refractivity contribution in [2.45, 2.75) is 32.2 Å². The van der Waals surface area contributed by atoms with Gasteiger partial charge in [-0.05, 0) is 47.0 Å². The second-order valence-electron chi connectivity index (χ2n) is 5.07. The lowest BCUT2D eigenvalue weighted by Gasteiger charge is -2.24.